The van der Waals surface area contributed by atoms with Crippen LogP contribution in [-0.2, 0) is 16.2 Å². The van der Waals surface area contributed by atoms with E-state index in [2.05, 4.69) is 41.5 Å². The standard InChI is InChI=1S/C28H31F3/c1-25(2,3)20-12-16-23(17-13-20)27(28(29,30)31,22-10-8-7-9-11-22)24-18-14-21(15-19-24)26(4,5)6/h7-19H,1-6H3. The lowest BCUT2D eigenvalue weighted by Gasteiger charge is -2.38. The van der Waals surface area contributed by atoms with Crippen molar-refractivity contribution >= 4 is 0 Å². The molecule has 0 atom stereocenters. The van der Waals surface area contributed by atoms with Gasteiger partial charge in [-0.05, 0) is 38.6 Å². The van der Waals surface area contributed by atoms with Gasteiger partial charge in [-0.2, -0.15) is 13.2 Å². The number of hydrogen-bond donors (Lipinski definition) is 0. The highest BCUT2D eigenvalue weighted by Gasteiger charge is 2.58. The predicted molar refractivity (Wildman–Crippen MR) is 123 cm³/mol. The Morgan fingerprint density at radius 2 is 0.710 bits per heavy atom. The van der Waals surface area contributed by atoms with E-state index in [1.54, 1.807) is 54.6 Å². The molecule has 0 bridgehead atoms. The maximum atomic E-state index is 15.1. The molecule has 0 saturated heterocycles. The van der Waals surface area contributed by atoms with Crippen LogP contribution in [0.25, 0.3) is 0 Å². The fourth-order valence-corrected chi connectivity index (χ4v) is 4.12. The molecule has 0 nitrogen and oxygen atoms in total. The van der Waals surface area contributed by atoms with E-state index in [0.717, 1.165) is 11.1 Å². The smallest absolute Gasteiger partial charge is 0.169 e. The first-order valence-electron chi connectivity index (χ1n) is 10.6. The van der Waals surface area contributed by atoms with Crippen molar-refractivity contribution < 1.29 is 13.2 Å². The van der Waals surface area contributed by atoms with Gasteiger partial charge in [-0.15, -0.1) is 0 Å². The molecule has 0 spiro atoms. The van der Waals surface area contributed by atoms with E-state index in [0.29, 0.717) is 0 Å². The summed E-state index contributed by atoms with van der Waals surface area (Å²) in [5.41, 5.74) is 0.147. The van der Waals surface area contributed by atoms with Gasteiger partial charge in [0.15, 0.2) is 0 Å². The highest BCUT2D eigenvalue weighted by molar-refractivity contribution is 5.53. The van der Waals surface area contributed by atoms with E-state index in [1.165, 1.54) is 0 Å². The van der Waals surface area contributed by atoms with Crippen LogP contribution in [0.5, 0.6) is 0 Å². The zero-order valence-corrected chi connectivity index (χ0v) is 19.1. The number of alkyl halides is 3. The van der Waals surface area contributed by atoms with Gasteiger partial charge >= 0.3 is 6.18 Å². The summed E-state index contributed by atoms with van der Waals surface area (Å²) in [6, 6.07) is 22.1. The van der Waals surface area contributed by atoms with Gasteiger partial charge in [-0.25, -0.2) is 0 Å². The fraction of sp³-hybridized carbons (Fsp3) is 0.357. The predicted octanol–water partition coefficient (Wildman–Crippen LogP) is 8.18. The van der Waals surface area contributed by atoms with Crippen LogP contribution < -0.4 is 0 Å². The van der Waals surface area contributed by atoms with Gasteiger partial charge in [0.1, 0.15) is 5.41 Å². The summed E-state index contributed by atoms with van der Waals surface area (Å²) in [5, 5.41) is 0. The SMILES string of the molecule is CC(C)(C)c1ccc(C(c2ccccc2)(c2ccc(C(C)(C)C)cc2)C(F)(F)F)cc1. The van der Waals surface area contributed by atoms with Crippen LogP contribution in [0.4, 0.5) is 13.2 Å². The Bertz CT molecular complexity index is 940. The van der Waals surface area contributed by atoms with Crippen molar-refractivity contribution in [3.63, 3.8) is 0 Å². The second-order valence-electron chi connectivity index (χ2n) is 10.3. The second-order valence-corrected chi connectivity index (χ2v) is 10.3. The van der Waals surface area contributed by atoms with Gasteiger partial charge < -0.3 is 0 Å². The Hall–Kier alpha value is -2.55. The zero-order valence-electron chi connectivity index (χ0n) is 19.1. The second kappa shape index (κ2) is 7.85. The zero-order chi connectivity index (χ0) is 23.1. The van der Waals surface area contributed by atoms with Gasteiger partial charge in [0.25, 0.3) is 0 Å². The summed E-state index contributed by atoms with van der Waals surface area (Å²) in [5.74, 6) is 0. The largest absolute Gasteiger partial charge is 0.406 e. The Balaban J connectivity index is 2.33. The molecule has 3 heteroatoms. The summed E-state index contributed by atoms with van der Waals surface area (Å²) < 4.78 is 45.3. The summed E-state index contributed by atoms with van der Waals surface area (Å²) in [6.45, 7) is 12.3. The topological polar surface area (TPSA) is 0 Å². The molecule has 0 aromatic heterocycles. The van der Waals surface area contributed by atoms with Crippen molar-refractivity contribution in [2.24, 2.45) is 0 Å². The van der Waals surface area contributed by atoms with Crippen LogP contribution in [-0.4, -0.2) is 6.18 Å². The minimum absolute atomic E-state index is 0.138. The highest BCUT2D eigenvalue weighted by Crippen LogP contribution is 2.51. The summed E-state index contributed by atoms with van der Waals surface area (Å²) in [6.07, 6.45) is -4.53. The first kappa shape index (κ1) is 23.1. The molecule has 0 aliphatic rings. The van der Waals surface area contributed by atoms with Crippen molar-refractivity contribution in [3.8, 4) is 0 Å². The maximum Gasteiger partial charge on any atom is 0.406 e. The molecule has 3 aromatic carbocycles. The average molecular weight is 425 g/mol. The minimum Gasteiger partial charge on any atom is -0.169 e. The van der Waals surface area contributed by atoms with E-state index in [1.807, 2.05) is 24.3 Å². The molecule has 31 heavy (non-hydrogen) atoms. The number of hydrogen-bond acceptors (Lipinski definition) is 0. The van der Waals surface area contributed by atoms with E-state index >= 15 is 13.2 Å². The van der Waals surface area contributed by atoms with Crippen LogP contribution in [0.1, 0.15) is 69.4 Å². The molecule has 0 aliphatic carbocycles. The molecular weight excluding hydrogens is 393 g/mol. The first-order valence-corrected chi connectivity index (χ1v) is 10.6. The van der Waals surface area contributed by atoms with Gasteiger partial charge in [-0.3, -0.25) is 0 Å². The third-order valence-corrected chi connectivity index (χ3v) is 6.00. The van der Waals surface area contributed by atoms with Crippen LogP contribution in [0.3, 0.4) is 0 Å². The number of halogens is 3. The van der Waals surface area contributed by atoms with Crippen LogP contribution in [0.15, 0.2) is 78.9 Å². The average Bonchev–Trinajstić information content (AvgIpc) is 2.68. The normalized spacial score (nSPS) is 13.3. The molecular formula is C28H31F3. The maximum absolute atomic E-state index is 15.1. The molecule has 0 unspecified atom stereocenters. The lowest BCUT2D eigenvalue weighted by molar-refractivity contribution is -0.166. The van der Waals surface area contributed by atoms with Crippen molar-refractivity contribution in [2.75, 3.05) is 0 Å². The quantitative estimate of drug-likeness (QED) is 0.372. The summed E-state index contributed by atoms with van der Waals surface area (Å²) in [7, 11) is 0. The molecule has 0 N–H and O–H groups in total. The Labute approximate surface area is 184 Å². The Morgan fingerprint density at radius 1 is 0.419 bits per heavy atom. The number of rotatable bonds is 3. The monoisotopic (exact) mass is 424 g/mol. The molecule has 0 amide bonds. The van der Waals surface area contributed by atoms with Crippen molar-refractivity contribution in [3.05, 3.63) is 107 Å². The number of benzene rings is 3. The van der Waals surface area contributed by atoms with Crippen LogP contribution in [0.2, 0.25) is 0 Å². The lowest BCUT2D eigenvalue weighted by Crippen LogP contribution is -2.44. The third-order valence-electron chi connectivity index (χ3n) is 6.00. The highest BCUT2D eigenvalue weighted by atomic mass is 19.4. The van der Waals surface area contributed by atoms with Crippen molar-refractivity contribution in [2.45, 2.75) is 64.0 Å². The lowest BCUT2D eigenvalue weighted by atomic mass is 9.68. The first-order chi connectivity index (χ1) is 14.3. The third kappa shape index (κ3) is 4.28. The van der Waals surface area contributed by atoms with Gasteiger partial charge in [-0.1, -0.05) is 120 Å². The molecule has 0 fully saturated rings. The van der Waals surface area contributed by atoms with Crippen LogP contribution in [0, 0.1) is 0 Å². The molecule has 164 valence electrons. The summed E-state index contributed by atoms with van der Waals surface area (Å²) >= 11 is 0. The molecule has 3 aromatic rings. The van der Waals surface area contributed by atoms with Gasteiger partial charge in [0, 0.05) is 0 Å². The van der Waals surface area contributed by atoms with Crippen molar-refractivity contribution in [1.82, 2.24) is 0 Å². The Kier molecular flexibility index (Phi) is 5.86. The van der Waals surface area contributed by atoms with E-state index < -0.39 is 11.6 Å². The molecule has 0 saturated carbocycles. The van der Waals surface area contributed by atoms with Gasteiger partial charge in [0.2, 0.25) is 0 Å². The fourth-order valence-electron chi connectivity index (χ4n) is 4.12. The van der Waals surface area contributed by atoms with Crippen molar-refractivity contribution in [1.29, 1.82) is 0 Å². The van der Waals surface area contributed by atoms with E-state index in [9.17, 15) is 0 Å². The summed E-state index contributed by atoms with van der Waals surface area (Å²) in [4.78, 5) is 0. The van der Waals surface area contributed by atoms with E-state index in [4.69, 9.17) is 0 Å². The van der Waals surface area contributed by atoms with E-state index in [-0.39, 0.29) is 27.5 Å². The Morgan fingerprint density at radius 3 is 1.00 bits per heavy atom. The molecule has 0 radical (unpaired) electrons. The minimum atomic E-state index is -4.53. The molecule has 0 aliphatic heterocycles. The molecule has 0 heterocycles. The van der Waals surface area contributed by atoms with Crippen LogP contribution >= 0.6 is 0 Å². The van der Waals surface area contributed by atoms with Gasteiger partial charge in [0.05, 0.1) is 0 Å². The molecule has 3 rings (SSSR count).